The summed E-state index contributed by atoms with van der Waals surface area (Å²) in [6, 6.07) is 0. The quantitative estimate of drug-likeness (QED) is 0.151. The van der Waals surface area contributed by atoms with Crippen molar-refractivity contribution >= 4 is 5.97 Å². The first-order valence-corrected chi connectivity index (χ1v) is 20.0. The summed E-state index contributed by atoms with van der Waals surface area (Å²) in [6.07, 6.45) is -2.97. The first-order chi connectivity index (χ1) is 24.7. The van der Waals surface area contributed by atoms with E-state index in [0.29, 0.717) is 19.3 Å². The van der Waals surface area contributed by atoms with E-state index in [1.165, 1.54) is 11.1 Å². The molecule has 2 saturated carbocycles. The van der Waals surface area contributed by atoms with Gasteiger partial charge in [-0.3, -0.25) is 4.79 Å². The lowest BCUT2D eigenvalue weighted by Gasteiger charge is -2.56. The molecule has 0 aromatic rings. The van der Waals surface area contributed by atoms with Crippen molar-refractivity contribution in [1.29, 1.82) is 0 Å². The summed E-state index contributed by atoms with van der Waals surface area (Å²) >= 11 is 0. The maximum atomic E-state index is 13.8. The van der Waals surface area contributed by atoms with E-state index in [0.717, 1.165) is 51.4 Å². The SMILES string of the molecule is C[C@H](CC[C@H](O[C@@H]1OC[C@H](O)[C@H](O)[C@H]1O)C(C)(C)O)[C@H]1CC[C@@]2(C(=O)O)[C@@H]3CCC4=C(CC[C@@H](O[C@H]5OC[C@@H](O)[C@@H](O)[C@@H]5O)C4(C)C)C[C@H]3CC[C@]12C. The summed E-state index contributed by atoms with van der Waals surface area (Å²) in [5, 5.41) is 83.6. The van der Waals surface area contributed by atoms with Crippen LogP contribution in [0.4, 0.5) is 0 Å². The van der Waals surface area contributed by atoms with Crippen molar-refractivity contribution in [3.8, 4) is 0 Å². The van der Waals surface area contributed by atoms with Crippen LogP contribution in [0.3, 0.4) is 0 Å². The van der Waals surface area contributed by atoms with Crippen LogP contribution >= 0.6 is 0 Å². The number of aliphatic hydroxyl groups excluding tert-OH is 6. The first kappa shape index (κ1) is 41.4. The predicted octanol–water partition coefficient (Wildman–Crippen LogP) is 2.64. The number of hydrogen-bond donors (Lipinski definition) is 8. The van der Waals surface area contributed by atoms with Gasteiger partial charge >= 0.3 is 5.97 Å². The van der Waals surface area contributed by atoms with Gasteiger partial charge in [0, 0.05) is 5.41 Å². The first-order valence-electron chi connectivity index (χ1n) is 20.0. The molecule has 304 valence electrons. The molecule has 8 N–H and O–H groups in total. The van der Waals surface area contributed by atoms with Crippen molar-refractivity contribution in [3.63, 3.8) is 0 Å². The molecule has 53 heavy (non-hydrogen) atoms. The number of allylic oxidation sites excluding steroid dienone is 1. The molecule has 0 amide bonds. The summed E-state index contributed by atoms with van der Waals surface area (Å²) in [6.45, 7) is 11.7. The van der Waals surface area contributed by atoms with Crippen LogP contribution in [0.2, 0.25) is 0 Å². The number of hydrogen-bond acceptors (Lipinski definition) is 12. The molecule has 2 aliphatic heterocycles. The van der Waals surface area contributed by atoms with E-state index in [9.17, 15) is 45.6 Å². The van der Waals surface area contributed by atoms with Crippen LogP contribution in [0.5, 0.6) is 0 Å². The van der Waals surface area contributed by atoms with E-state index in [2.05, 4.69) is 27.7 Å². The highest BCUT2D eigenvalue weighted by molar-refractivity contribution is 5.77. The van der Waals surface area contributed by atoms with E-state index < -0.39 is 83.1 Å². The summed E-state index contributed by atoms with van der Waals surface area (Å²) in [5.41, 5.74) is -0.271. The molecule has 0 aromatic heterocycles. The van der Waals surface area contributed by atoms with Crippen LogP contribution in [-0.4, -0.2) is 127 Å². The smallest absolute Gasteiger partial charge is 0.310 e. The van der Waals surface area contributed by atoms with Crippen LogP contribution < -0.4 is 0 Å². The van der Waals surface area contributed by atoms with Crippen LogP contribution in [0.15, 0.2) is 11.1 Å². The molecule has 6 aliphatic rings. The topological polar surface area (TPSA) is 216 Å². The lowest BCUT2D eigenvalue weighted by molar-refractivity contribution is -0.297. The molecule has 6 rings (SSSR count). The Hall–Kier alpha value is -1.23. The second-order valence-corrected chi connectivity index (χ2v) is 18.8. The zero-order valence-corrected chi connectivity index (χ0v) is 32.4. The second kappa shape index (κ2) is 15.3. The molecule has 2 heterocycles. The second-order valence-electron chi connectivity index (χ2n) is 18.8. The molecule has 4 fully saturated rings. The highest BCUT2D eigenvalue weighted by Gasteiger charge is 2.68. The summed E-state index contributed by atoms with van der Waals surface area (Å²) < 4.78 is 23.5. The lowest BCUT2D eigenvalue weighted by atomic mass is 9.47. The molecular weight excluding hydrogens is 688 g/mol. The van der Waals surface area contributed by atoms with E-state index in [1.807, 2.05) is 0 Å². The minimum absolute atomic E-state index is 0.0102. The number of fused-ring (bicyclic) bond motifs is 3. The fourth-order valence-corrected chi connectivity index (χ4v) is 11.9. The highest BCUT2D eigenvalue weighted by Crippen LogP contribution is 2.71. The minimum atomic E-state index is -1.47. The summed E-state index contributed by atoms with van der Waals surface area (Å²) in [7, 11) is 0. The Morgan fingerprint density at radius 2 is 1.47 bits per heavy atom. The van der Waals surface area contributed by atoms with Gasteiger partial charge in [0.2, 0.25) is 0 Å². The maximum absolute atomic E-state index is 13.8. The van der Waals surface area contributed by atoms with Crippen molar-refractivity contribution in [3.05, 3.63) is 11.1 Å². The number of aliphatic carboxylic acids is 1. The van der Waals surface area contributed by atoms with Gasteiger partial charge in [0.25, 0.3) is 0 Å². The average Bonchev–Trinajstić information content (AvgIpc) is 3.27. The third-order valence-corrected chi connectivity index (χ3v) is 15.1. The van der Waals surface area contributed by atoms with Gasteiger partial charge < -0.3 is 59.8 Å². The van der Waals surface area contributed by atoms with Gasteiger partial charge in [0.15, 0.2) is 12.6 Å². The highest BCUT2D eigenvalue weighted by atomic mass is 16.7. The Bertz CT molecular complexity index is 1350. The molecule has 2 saturated heterocycles. The Balaban J connectivity index is 1.16. The van der Waals surface area contributed by atoms with Crippen LogP contribution in [0, 0.1) is 39.9 Å². The molecule has 13 heteroatoms. The van der Waals surface area contributed by atoms with Gasteiger partial charge in [-0.15, -0.1) is 0 Å². The molecule has 13 nitrogen and oxygen atoms in total. The fraction of sp³-hybridized carbons (Fsp3) is 0.925. The van der Waals surface area contributed by atoms with Gasteiger partial charge in [0.05, 0.1) is 36.4 Å². The van der Waals surface area contributed by atoms with Crippen molar-refractivity contribution in [1.82, 2.24) is 0 Å². The van der Waals surface area contributed by atoms with Crippen molar-refractivity contribution in [2.45, 2.75) is 179 Å². The standard InChI is InChI=1S/C40H66O13/c1-20(7-11-29(38(4,5)49)53-35-33(46)31(44)27(42)19-51-35)23-14-16-40(36(47)48)25-10-9-24-21(17-22(25)13-15-39(23,40)6)8-12-28(37(24,2)3)52-34-32(45)30(43)26(41)18-50-34/h20,22-23,25-35,41-46,49H,7-19H2,1-6H3,(H,47,48)/t20-,22-,23-,25-,26-,27+,28-,29+,30-,31+,32+,33-,34-,35+,39-,40+/m1/s1. The largest absolute Gasteiger partial charge is 0.481 e. The Morgan fingerprint density at radius 1 is 0.849 bits per heavy atom. The summed E-state index contributed by atoms with van der Waals surface area (Å²) in [4.78, 5) is 13.8. The van der Waals surface area contributed by atoms with Gasteiger partial charge in [-0.2, -0.15) is 0 Å². The van der Waals surface area contributed by atoms with Crippen molar-refractivity contribution in [2.24, 2.45) is 39.9 Å². The number of carboxylic acid groups (broad SMARTS) is 1. The lowest BCUT2D eigenvalue weighted by Crippen LogP contribution is -2.56. The van der Waals surface area contributed by atoms with Gasteiger partial charge in [-0.05, 0) is 114 Å². The van der Waals surface area contributed by atoms with E-state index >= 15 is 0 Å². The Labute approximate surface area is 313 Å². The fourth-order valence-electron chi connectivity index (χ4n) is 11.9. The molecule has 0 aromatic carbocycles. The third kappa shape index (κ3) is 7.28. The van der Waals surface area contributed by atoms with Gasteiger partial charge in [-0.25, -0.2) is 0 Å². The number of carbonyl (C=O) groups is 1. The van der Waals surface area contributed by atoms with Crippen LogP contribution in [0.25, 0.3) is 0 Å². The van der Waals surface area contributed by atoms with Crippen molar-refractivity contribution < 1.29 is 64.6 Å². The van der Waals surface area contributed by atoms with Crippen LogP contribution in [0.1, 0.15) is 112 Å². The molecule has 4 aliphatic carbocycles. The number of ether oxygens (including phenoxy) is 4. The summed E-state index contributed by atoms with van der Waals surface area (Å²) in [5.74, 6) is -0.155. The molecule has 0 spiro atoms. The van der Waals surface area contributed by atoms with E-state index in [-0.39, 0.29) is 43.0 Å². The zero-order valence-electron chi connectivity index (χ0n) is 32.4. The normalized spacial score (nSPS) is 45.8. The molecule has 0 unspecified atom stereocenters. The number of aliphatic hydroxyl groups is 7. The minimum Gasteiger partial charge on any atom is -0.481 e. The molecule has 16 atom stereocenters. The average molecular weight is 755 g/mol. The van der Waals surface area contributed by atoms with Crippen LogP contribution in [-0.2, 0) is 23.7 Å². The third-order valence-electron chi connectivity index (χ3n) is 15.1. The number of carboxylic acids is 1. The molecular formula is C40H66O13. The van der Waals surface area contributed by atoms with E-state index in [1.54, 1.807) is 13.8 Å². The zero-order chi connectivity index (χ0) is 38.8. The monoisotopic (exact) mass is 754 g/mol. The molecule has 0 radical (unpaired) electrons. The van der Waals surface area contributed by atoms with E-state index in [4.69, 9.17) is 18.9 Å². The Kier molecular flexibility index (Phi) is 11.9. The van der Waals surface area contributed by atoms with Crippen molar-refractivity contribution in [2.75, 3.05) is 13.2 Å². The molecule has 0 bridgehead atoms. The van der Waals surface area contributed by atoms with Gasteiger partial charge in [0.1, 0.15) is 36.6 Å². The maximum Gasteiger partial charge on any atom is 0.310 e. The number of rotatable bonds is 10. The Morgan fingerprint density at radius 3 is 2.09 bits per heavy atom. The predicted molar refractivity (Wildman–Crippen MR) is 191 cm³/mol. The van der Waals surface area contributed by atoms with Gasteiger partial charge in [-0.1, -0.05) is 38.8 Å².